The summed E-state index contributed by atoms with van der Waals surface area (Å²) in [5.74, 6) is 1.40. The lowest BCUT2D eigenvalue weighted by Gasteiger charge is -2.23. The highest BCUT2D eigenvalue weighted by molar-refractivity contribution is 5.83. The second kappa shape index (κ2) is 8.73. The van der Waals surface area contributed by atoms with Crippen molar-refractivity contribution < 1.29 is 19.7 Å². The minimum absolute atomic E-state index is 0.00734. The van der Waals surface area contributed by atoms with Gasteiger partial charge in [-0.05, 0) is 30.3 Å². The lowest BCUT2D eigenvalue weighted by molar-refractivity contribution is 0.281. The van der Waals surface area contributed by atoms with Gasteiger partial charge in [-0.1, -0.05) is 0 Å². The molecule has 28 heavy (non-hydrogen) atoms. The minimum Gasteiger partial charge on any atom is -0.493 e. The first-order valence-corrected chi connectivity index (χ1v) is 8.84. The van der Waals surface area contributed by atoms with Crippen LogP contribution in [0.4, 0.5) is 5.69 Å². The monoisotopic (exact) mass is 385 g/mol. The van der Waals surface area contributed by atoms with Crippen LogP contribution in [0.25, 0.3) is 22.3 Å². The van der Waals surface area contributed by atoms with Crippen LogP contribution in [0, 0.1) is 0 Å². The first-order valence-electron chi connectivity index (χ1n) is 8.84. The Morgan fingerprint density at radius 1 is 1.00 bits per heavy atom. The maximum atomic E-state index is 12.5. The number of hydrogen-bond acceptors (Lipinski definition) is 7. The van der Waals surface area contributed by atoms with Crippen molar-refractivity contribution in [1.29, 1.82) is 0 Å². The van der Waals surface area contributed by atoms with Gasteiger partial charge in [-0.15, -0.1) is 0 Å². The van der Waals surface area contributed by atoms with E-state index in [1.54, 1.807) is 12.1 Å². The fourth-order valence-electron chi connectivity index (χ4n) is 3.04. The van der Waals surface area contributed by atoms with Gasteiger partial charge in [0, 0.05) is 30.4 Å². The predicted octanol–water partition coefficient (Wildman–Crippen LogP) is 1.40. The summed E-state index contributed by atoms with van der Waals surface area (Å²) in [7, 11) is 3.04. The summed E-state index contributed by atoms with van der Waals surface area (Å²) in [6, 6.07) is 10.7. The predicted molar refractivity (Wildman–Crippen MR) is 107 cm³/mol. The number of nitrogens with one attached hydrogen (secondary N) is 1. The number of nitrogens with zero attached hydrogens (tertiary/aromatic N) is 2. The van der Waals surface area contributed by atoms with Crippen molar-refractivity contribution in [3.8, 4) is 22.9 Å². The molecule has 148 valence electrons. The van der Waals surface area contributed by atoms with Gasteiger partial charge >= 0.3 is 0 Å². The van der Waals surface area contributed by atoms with E-state index < -0.39 is 0 Å². The number of benzene rings is 2. The SMILES string of the molecule is COc1cc2nc(-c3ccc(N(CCO)CCO)cc3)[nH]c(=O)c2cc1OC. The molecule has 3 rings (SSSR count). The number of aromatic nitrogens is 2. The van der Waals surface area contributed by atoms with E-state index in [9.17, 15) is 15.0 Å². The molecule has 2 aromatic carbocycles. The van der Waals surface area contributed by atoms with Crippen LogP contribution in [0.5, 0.6) is 11.5 Å². The van der Waals surface area contributed by atoms with Crippen LogP contribution in [0.1, 0.15) is 0 Å². The molecule has 0 radical (unpaired) electrons. The highest BCUT2D eigenvalue weighted by atomic mass is 16.5. The second-order valence-corrected chi connectivity index (χ2v) is 6.12. The number of rotatable bonds is 8. The lowest BCUT2D eigenvalue weighted by Crippen LogP contribution is -2.29. The van der Waals surface area contributed by atoms with Gasteiger partial charge < -0.3 is 29.6 Å². The summed E-state index contributed by atoms with van der Waals surface area (Å²) in [4.78, 5) is 21.8. The van der Waals surface area contributed by atoms with Crippen LogP contribution in [0.2, 0.25) is 0 Å². The van der Waals surface area contributed by atoms with Gasteiger partial charge in [0.05, 0.1) is 38.3 Å². The summed E-state index contributed by atoms with van der Waals surface area (Å²) in [5.41, 5.74) is 1.83. The molecule has 0 spiro atoms. The molecule has 0 saturated carbocycles. The molecule has 1 heterocycles. The maximum absolute atomic E-state index is 12.5. The Bertz CT molecular complexity index is 995. The van der Waals surface area contributed by atoms with Crippen molar-refractivity contribution in [3.05, 3.63) is 46.8 Å². The smallest absolute Gasteiger partial charge is 0.259 e. The number of aliphatic hydroxyl groups is 2. The molecule has 0 bridgehead atoms. The normalized spacial score (nSPS) is 10.9. The van der Waals surface area contributed by atoms with Gasteiger partial charge in [-0.2, -0.15) is 0 Å². The highest BCUT2D eigenvalue weighted by Gasteiger charge is 2.12. The Labute approximate surface area is 162 Å². The third-order valence-corrected chi connectivity index (χ3v) is 4.46. The maximum Gasteiger partial charge on any atom is 0.259 e. The zero-order chi connectivity index (χ0) is 20.1. The molecule has 0 unspecified atom stereocenters. The number of H-pyrrole nitrogens is 1. The molecule has 1 aromatic heterocycles. The van der Waals surface area contributed by atoms with E-state index in [0.717, 1.165) is 11.3 Å². The highest BCUT2D eigenvalue weighted by Crippen LogP contribution is 2.30. The summed E-state index contributed by atoms with van der Waals surface area (Å²) >= 11 is 0. The number of ether oxygens (including phenoxy) is 2. The Morgan fingerprint density at radius 2 is 1.61 bits per heavy atom. The van der Waals surface area contributed by atoms with E-state index >= 15 is 0 Å². The number of aromatic amines is 1. The molecular weight excluding hydrogens is 362 g/mol. The van der Waals surface area contributed by atoms with Gasteiger partial charge in [0.2, 0.25) is 0 Å². The van der Waals surface area contributed by atoms with Crippen molar-refractivity contribution in [2.75, 3.05) is 45.4 Å². The van der Waals surface area contributed by atoms with Gasteiger partial charge in [0.1, 0.15) is 5.82 Å². The number of fused-ring (bicyclic) bond motifs is 1. The molecule has 3 aromatic rings. The largest absolute Gasteiger partial charge is 0.493 e. The van der Waals surface area contributed by atoms with E-state index in [4.69, 9.17) is 9.47 Å². The fraction of sp³-hybridized carbons (Fsp3) is 0.300. The molecular formula is C20H23N3O5. The molecule has 0 aliphatic rings. The molecule has 0 aliphatic heterocycles. The van der Waals surface area contributed by atoms with Crippen molar-refractivity contribution >= 4 is 16.6 Å². The van der Waals surface area contributed by atoms with Gasteiger partial charge in [0.15, 0.2) is 11.5 Å². The fourth-order valence-corrected chi connectivity index (χ4v) is 3.04. The Morgan fingerprint density at radius 3 is 2.18 bits per heavy atom. The van der Waals surface area contributed by atoms with Crippen molar-refractivity contribution in [1.82, 2.24) is 9.97 Å². The molecule has 0 saturated heterocycles. The van der Waals surface area contributed by atoms with Crippen LogP contribution in [0.15, 0.2) is 41.2 Å². The first-order chi connectivity index (χ1) is 13.6. The van der Waals surface area contributed by atoms with Crippen LogP contribution < -0.4 is 19.9 Å². The van der Waals surface area contributed by atoms with Crippen molar-refractivity contribution in [3.63, 3.8) is 0 Å². The standard InChI is InChI=1S/C20H23N3O5/c1-27-17-11-15-16(12-18(17)28-2)21-19(22-20(15)26)13-3-5-14(6-4-13)23(7-9-24)8-10-25/h3-6,11-12,24-25H,7-10H2,1-2H3,(H,21,22,26). The third-order valence-electron chi connectivity index (χ3n) is 4.46. The van der Waals surface area contributed by atoms with E-state index in [1.165, 1.54) is 14.2 Å². The van der Waals surface area contributed by atoms with Crippen LogP contribution in [-0.4, -0.2) is 60.7 Å². The number of aliphatic hydroxyl groups excluding tert-OH is 2. The molecule has 0 fully saturated rings. The molecule has 0 amide bonds. The summed E-state index contributed by atoms with van der Waals surface area (Å²) in [6.07, 6.45) is 0. The number of methoxy groups -OCH3 is 2. The third kappa shape index (κ3) is 3.92. The zero-order valence-electron chi connectivity index (χ0n) is 15.8. The zero-order valence-corrected chi connectivity index (χ0v) is 15.8. The van der Waals surface area contributed by atoms with Crippen molar-refractivity contribution in [2.24, 2.45) is 0 Å². The van der Waals surface area contributed by atoms with E-state index in [1.807, 2.05) is 29.2 Å². The molecule has 3 N–H and O–H groups in total. The van der Waals surface area contributed by atoms with E-state index in [2.05, 4.69) is 9.97 Å². The van der Waals surface area contributed by atoms with Crippen LogP contribution in [-0.2, 0) is 0 Å². The second-order valence-electron chi connectivity index (χ2n) is 6.12. The Kier molecular flexibility index (Phi) is 6.13. The molecule has 8 heteroatoms. The van der Waals surface area contributed by atoms with E-state index in [-0.39, 0.29) is 18.8 Å². The topological polar surface area (TPSA) is 108 Å². The van der Waals surface area contributed by atoms with E-state index in [0.29, 0.717) is 41.3 Å². The van der Waals surface area contributed by atoms with Crippen LogP contribution >= 0.6 is 0 Å². The summed E-state index contributed by atoms with van der Waals surface area (Å²) in [5, 5.41) is 18.8. The molecule has 0 aliphatic carbocycles. The minimum atomic E-state index is -0.271. The molecule has 0 atom stereocenters. The van der Waals surface area contributed by atoms with Gasteiger partial charge in [-0.3, -0.25) is 4.79 Å². The quantitative estimate of drug-likeness (QED) is 0.538. The Balaban J connectivity index is 2.00. The first kappa shape index (κ1) is 19.7. The van der Waals surface area contributed by atoms with Crippen molar-refractivity contribution in [2.45, 2.75) is 0 Å². The van der Waals surface area contributed by atoms with Gasteiger partial charge in [0.25, 0.3) is 5.56 Å². The number of anilines is 1. The number of hydrogen-bond donors (Lipinski definition) is 3. The Hall–Kier alpha value is -3.10. The average molecular weight is 385 g/mol. The summed E-state index contributed by atoms with van der Waals surface area (Å²) in [6.45, 7) is 0.832. The summed E-state index contributed by atoms with van der Waals surface area (Å²) < 4.78 is 10.5. The van der Waals surface area contributed by atoms with Crippen LogP contribution in [0.3, 0.4) is 0 Å². The average Bonchev–Trinajstić information content (AvgIpc) is 2.72. The molecule has 8 nitrogen and oxygen atoms in total. The van der Waals surface area contributed by atoms with Gasteiger partial charge in [-0.25, -0.2) is 4.98 Å². The lowest BCUT2D eigenvalue weighted by atomic mass is 10.1.